The van der Waals surface area contributed by atoms with Gasteiger partial charge in [0.2, 0.25) is 0 Å². The Kier molecular flexibility index (Phi) is 5.73. The fourth-order valence-electron chi connectivity index (χ4n) is 2.28. The number of allylic oxidation sites excluding steroid dienone is 1. The molecular weight excluding hydrogens is 351 g/mol. The van der Waals surface area contributed by atoms with Gasteiger partial charge in [-0.05, 0) is 23.8 Å². The zero-order valence-corrected chi connectivity index (χ0v) is 15.7. The van der Waals surface area contributed by atoms with Crippen LogP contribution in [0, 0.1) is 22.6 Å². The molecule has 4 nitrogen and oxygen atoms in total. The minimum absolute atomic E-state index is 0.0415. The Hall–Kier alpha value is -2.78. The number of Topliss-reactive ketones (excluding diaryl/α,β-unsaturated/α-hetero) is 1. The van der Waals surface area contributed by atoms with E-state index in [1.165, 1.54) is 22.8 Å². The molecular formula is C20H19FN2O2S. The molecule has 0 saturated carbocycles. The third-order valence-electron chi connectivity index (χ3n) is 3.62. The van der Waals surface area contributed by atoms with Crippen LogP contribution in [0.1, 0.15) is 26.3 Å². The smallest absolute Gasteiger partial charge is 0.269 e. The number of hydrogen-bond donors (Lipinski definition) is 0. The highest BCUT2D eigenvalue weighted by Gasteiger charge is 2.27. The number of carbonyl (C=O) groups is 1. The summed E-state index contributed by atoms with van der Waals surface area (Å²) in [7, 11) is 0. The van der Waals surface area contributed by atoms with E-state index >= 15 is 0 Å². The maximum absolute atomic E-state index is 13.1. The van der Waals surface area contributed by atoms with Gasteiger partial charge in [0.1, 0.15) is 22.1 Å². The highest BCUT2D eigenvalue weighted by molar-refractivity contribution is 7.07. The van der Waals surface area contributed by atoms with Crippen molar-refractivity contribution in [2.24, 2.45) is 5.41 Å². The maximum atomic E-state index is 13.1. The van der Waals surface area contributed by atoms with Crippen molar-refractivity contribution in [2.75, 3.05) is 0 Å². The number of nitriles is 1. The Morgan fingerprint density at radius 1 is 1.35 bits per heavy atom. The minimum Gasteiger partial charge on any atom is -0.294 e. The normalized spacial score (nSPS) is 13.3. The van der Waals surface area contributed by atoms with Crippen LogP contribution >= 0.6 is 11.3 Å². The molecule has 0 N–H and O–H groups in total. The molecule has 0 aliphatic carbocycles. The molecule has 1 aromatic carbocycles. The number of nitrogens with zero attached hydrogens (tertiary/aromatic N) is 2. The van der Waals surface area contributed by atoms with Gasteiger partial charge in [0, 0.05) is 12.0 Å². The van der Waals surface area contributed by atoms with E-state index in [2.05, 4.69) is 6.58 Å². The van der Waals surface area contributed by atoms with Gasteiger partial charge in [-0.2, -0.15) is 5.26 Å². The van der Waals surface area contributed by atoms with Crippen molar-refractivity contribution in [3.63, 3.8) is 0 Å². The van der Waals surface area contributed by atoms with Crippen LogP contribution in [0.2, 0.25) is 0 Å². The summed E-state index contributed by atoms with van der Waals surface area (Å²) in [5, 5.41) is 9.53. The summed E-state index contributed by atoms with van der Waals surface area (Å²) in [6.45, 7) is 8.99. The van der Waals surface area contributed by atoms with Crippen molar-refractivity contribution in [1.82, 2.24) is 4.57 Å². The topological polar surface area (TPSA) is 62.9 Å². The van der Waals surface area contributed by atoms with E-state index in [9.17, 15) is 19.2 Å². The molecule has 0 bridgehead atoms. The van der Waals surface area contributed by atoms with E-state index in [1.807, 2.05) is 6.07 Å². The van der Waals surface area contributed by atoms with E-state index in [1.54, 1.807) is 39.0 Å². The second-order valence-corrected chi connectivity index (χ2v) is 7.77. The predicted octanol–water partition coefficient (Wildman–Crippen LogP) is 2.35. The first-order chi connectivity index (χ1) is 12.2. The number of carbonyl (C=O) groups excluding carboxylic acids is 1. The van der Waals surface area contributed by atoms with E-state index < -0.39 is 5.41 Å². The van der Waals surface area contributed by atoms with Gasteiger partial charge in [0.15, 0.2) is 5.78 Å². The van der Waals surface area contributed by atoms with Crippen molar-refractivity contribution >= 4 is 28.8 Å². The summed E-state index contributed by atoms with van der Waals surface area (Å²) in [4.78, 5) is 25.4. The van der Waals surface area contributed by atoms with Crippen LogP contribution < -0.4 is 14.8 Å². The zero-order chi connectivity index (χ0) is 19.5. The largest absolute Gasteiger partial charge is 0.294 e. The summed E-state index contributed by atoms with van der Waals surface area (Å²) in [5.41, 5.74) is -0.447. The number of ketones is 1. The lowest BCUT2D eigenvalue weighted by molar-refractivity contribution is -0.120. The van der Waals surface area contributed by atoms with Gasteiger partial charge >= 0.3 is 0 Å². The average Bonchev–Trinajstić information content (AvgIpc) is 2.87. The molecule has 0 saturated heterocycles. The third-order valence-corrected chi connectivity index (χ3v) is 4.75. The van der Waals surface area contributed by atoms with Crippen molar-refractivity contribution < 1.29 is 9.18 Å². The lowest BCUT2D eigenvalue weighted by Crippen LogP contribution is -2.34. The second kappa shape index (κ2) is 7.63. The van der Waals surface area contributed by atoms with Gasteiger partial charge in [-0.1, -0.05) is 39.0 Å². The van der Waals surface area contributed by atoms with Gasteiger partial charge in [0.05, 0.1) is 4.53 Å². The van der Waals surface area contributed by atoms with Gasteiger partial charge in [0.25, 0.3) is 5.56 Å². The Labute approximate surface area is 154 Å². The quantitative estimate of drug-likeness (QED) is 0.776. The van der Waals surface area contributed by atoms with Crippen LogP contribution in [-0.4, -0.2) is 10.4 Å². The lowest BCUT2D eigenvalue weighted by atomic mass is 9.87. The van der Waals surface area contributed by atoms with Crippen LogP contribution in [-0.2, 0) is 11.3 Å². The summed E-state index contributed by atoms with van der Waals surface area (Å²) < 4.78 is 15.1. The number of hydrogen-bond acceptors (Lipinski definition) is 4. The Morgan fingerprint density at radius 3 is 2.46 bits per heavy atom. The van der Waals surface area contributed by atoms with Crippen LogP contribution in [0.15, 0.2) is 41.7 Å². The van der Waals surface area contributed by atoms with Crippen molar-refractivity contribution in [3.05, 3.63) is 67.9 Å². The molecule has 0 radical (unpaired) electrons. The van der Waals surface area contributed by atoms with E-state index in [0.717, 1.165) is 11.3 Å². The lowest BCUT2D eigenvalue weighted by Gasteiger charge is -2.15. The molecule has 26 heavy (non-hydrogen) atoms. The summed E-state index contributed by atoms with van der Waals surface area (Å²) in [6.07, 6.45) is 3.15. The van der Waals surface area contributed by atoms with Gasteiger partial charge < -0.3 is 0 Å². The first-order valence-electron chi connectivity index (χ1n) is 7.96. The van der Waals surface area contributed by atoms with Gasteiger partial charge in [-0.25, -0.2) is 4.39 Å². The molecule has 0 fully saturated rings. The number of rotatable bonds is 4. The Morgan fingerprint density at radius 2 is 1.96 bits per heavy atom. The monoisotopic (exact) mass is 370 g/mol. The molecule has 0 atom stereocenters. The first kappa shape index (κ1) is 19.5. The fraction of sp³-hybridized carbons (Fsp3) is 0.250. The first-order valence-corrected chi connectivity index (χ1v) is 8.77. The Bertz CT molecular complexity index is 1060. The number of benzene rings is 1. The molecule has 0 aliphatic heterocycles. The molecule has 6 heteroatoms. The fourth-order valence-corrected chi connectivity index (χ4v) is 3.39. The molecule has 2 rings (SSSR count). The minimum atomic E-state index is -0.745. The molecule has 0 amide bonds. The summed E-state index contributed by atoms with van der Waals surface area (Å²) >= 11 is 1.08. The van der Waals surface area contributed by atoms with Crippen molar-refractivity contribution in [3.8, 4) is 6.07 Å². The standard InChI is InChI=1S/C20H19FN2O2S/c1-5-10-23-18(25)16(11-13-6-8-14(21)9-7-13)26-19(23)15(12-22)17(24)20(2,3)4/h5-9,11H,1,10H2,2-4H3/b16-11-,19-15-. The SMILES string of the molecule is C=CCn1c(=O)/c(=C/c2ccc(F)cc2)s/c1=C(/C#N)C(=O)C(C)(C)C. The summed E-state index contributed by atoms with van der Waals surface area (Å²) in [6, 6.07) is 7.68. The number of aromatic nitrogens is 1. The second-order valence-electron chi connectivity index (χ2n) is 6.74. The van der Waals surface area contributed by atoms with E-state index in [4.69, 9.17) is 0 Å². The zero-order valence-electron chi connectivity index (χ0n) is 14.9. The highest BCUT2D eigenvalue weighted by atomic mass is 32.1. The van der Waals surface area contributed by atoms with Crippen LogP contribution in [0.25, 0.3) is 11.6 Å². The van der Waals surface area contributed by atoms with E-state index in [-0.39, 0.29) is 29.3 Å². The van der Waals surface area contributed by atoms with Gasteiger partial charge in [-0.3, -0.25) is 14.2 Å². The number of halogens is 1. The molecule has 1 aromatic heterocycles. The van der Waals surface area contributed by atoms with Crippen LogP contribution in [0.3, 0.4) is 0 Å². The molecule has 134 valence electrons. The Balaban J connectivity index is 2.83. The highest BCUT2D eigenvalue weighted by Crippen LogP contribution is 2.19. The molecule has 1 heterocycles. The third kappa shape index (κ3) is 4.06. The maximum Gasteiger partial charge on any atom is 0.269 e. The molecule has 0 spiro atoms. The van der Waals surface area contributed by atoms with Crippen molar-refractivity contribution in [1.29, 1.82) is 5.26 Å². The molecule has 2 aromatic rings. The number of thiazole rings is 1. The van der Waals surface area contributed by atoms with E-state index in [0.29, 0.717) is 14.8 Å². The van der Waals surface area contributed by atoms with Gasteiger partial charge in [-0.15, -0.1) is 17.9 Å². The summed E-state index contributed by atoms with van der Waals surface area (Å²) in [5.74, 6) is -0.693. The van der Waals surface area contributed by atoms with Crippen LogP contribution in [0.5, 0.6) is 0 Å². The molecule has 0 aliphatic rings. The van der Waals surface area contributed by atoms with Crippen molar-refractivity contribution in [2.45, 2.75) is 27.3 Å². The predicted molar refractivity (Wildman–Crippen MR) is 101 cm³/mol. The van der Waals surface area contributed by atoms with Crippen LogP contribution in [0.4, 0.5) is 4.39 Å². The molecule has 0 unspecified atom stereocenters. The average molecular weight is 370 g/mol.